The molecule has 1 aliphatic heterocycles. The van der Waals surface area contributed by atoms with Crippen molar-refractivity contribution >= 4 is 35.6 Å². The summed E-state index contributed by atoms with van der Waals surface area (Å²) in [6.07, 6.45) is -0.834. The van der Waals surface area contributed by atoms with Gasteiger partial charge >= 0.3 is 17.9 Å². The van der Waals surface area contributed by atoms with Gasteiger partial charge in [-0.15, -0.1) is 0 Å². The summed E-state index contributed by atoms with van der Waals surface area (Å²) in [4.78, 5) is 48.0. The highest BCUT2D eigenvalue weighted by Gasteiger charge is 2.61. The SMILES string of the molecule is COC(=O)[C@H](C)NCOC[C@@]1(C#N)O[C@@H](c2ccc3c(N=CN(C)C)ncnn23)[C@H](OC(=O)C(C)C)[C@@H]1OC(=O)C(C)C. The van der Waals surface area contributed by atoms with Gasteiger partial charge in [0.05, 0.1) is 44.3 Å². The van der Waals surface area contributed by atoms with Crippen molar-refractivity contribution in [2.75, 3.05) is 34.5 Å². The number of nitrogens with one attached hydrogen (secondary N) is 1. The highest BCUT2D eigenvalue weighted by molar-refractivity contribution is 5.75. The van der Waals surface area contributed by atoms with Crippen molar-refractivity contribution < 1.29 is 38.1 Å². The van der Waals surface area contributed by atoms with Crippen LogP contribution in [0.1, 0.15) is 46.4 Å². The Morgan fingerprint density at radius 1 is 1.16 bits per heavy atom. The van der Waals surface area contributed by atoms with Gasteiger partial charge in [0, 0.05) is 14.1 Å². The molecule has 0 aliphatic carbocycles. The van der Waals surface area contributed by atoms with Gasteiger partial charge in [0.15, 0.2) is 18.0 Å². The fourth-order valence-corrected chi connectivity index (χ4v) is 4.14. The fourth-order valence-electron chi connectivity index (χ4n) is 4.14. The van der Waals surface area contributed by atoms with Crippen LogP contribution in [-0.4, -0.2) is 102 Å². The molecule has 1 fully saturated rings. The first-order valence-corrected chi connectivity index (χ1v) is 13.8. The third-order valence-corrected chi connectivity index (χ3v) is 6.55. The molecule has 0 spiro atoms. The summed E-state index contributed by atoms with van der Waals surface area (Å²) in [7, 11) is 4.90. The number of hydrogen-bond donors (Lipinski definition) is 1. The molecule has 0 bridgehead atoms. The number of ether oxygens (including phenoxy) is 5. The zero-order valence-electron chi connectivity index (χ0n) is 25.6. The summed E-state index contributed by atoms with van der Waals surface area (Å²) in [6, 6.07) is 4.83. The molecule has 15 heteroatoms. The van der Waals surface area contributed by atoms with Gasteiger partial charge in [0.25, 0.3) is 0 Å². The predicted molar refractivity (Wildman–Crippen MR) is 152 cm³/mol. The van der Waals surface area contributed by atoms with E-state index in [-0.39, 0.29) is 6.73 Å². The predicted octanol–water partition coefficient (Wildman–Crippen LogP) is 1.55. The highest BCUT2D eigenvalue weighted by Crippen LogP contribution is 2.44. The zero-order chi connectivity index (χ0) is 31.9. The van der Waals surface area contributed by atoms with Crippen LogP contribution in [0.3, 0.4) is 0 Å². The minimum Gasteiger partial charge on any atom is -0.468 e. The molecule has 0 aromatic carbocycles. The summed E-state index contributed by atoms with van der Waals surface area (Å²) < 4.78 is 30.0. The molecule has 3 rings (SSSR count). The number of carbonyl (C=O) groups is 3. The Hall–Kier alpha value is -4.13. The number of carbonyl (C=O) groups excluding carboxylic acids is 3. The minimum atomic E-state index is -1.91. The summed E-state index contributed by atoms with van der Waals surface area (Å²) in [5, 5.41) is 17.7. The molecular weight excluding hydrogens is 562 g/mol. The molecule has 2 aromatic rings. The summed E-state index contributed by atoms with van der Waals surface area (Å²) >= 11 is 0. The molecule has 5 atom stereocenters. The molecule has 0 radical (unpaired) electrons. The van der Waals surface area contributed by atoms with Gasteiger partial charge in [-0.05, 0) is 19.1 Å². The van der Waals surface area contributed by atoms with Gasteiger partial charge in [-0.1, -0.05) is 27.7 Å². The molecular formula is C28H39N7O8. The van der Waals surface area contributed by atoms with Crippen LogP contribution in [0.15, 0.2) is 23.5 Å². The molecule has 3 heterocycles. The van der Waals surface area contributed by atoms with E-state index in [0.29, 0.717) is 17.0 Å². The number of fused-ring (bicyclic) bond motifs is 1. The molecule has 0 unspecified atom stereocenters. The molecule has 0 saturated carbocycles. The quantitative estimate of drug-likeness (QED) is 0.0873. The van der Waals surface area contributed by atoms with Crippen molar-refractivity contribution in [3.63, 3.8) is 0 Å². The number of aromatic nitrogens is 3. The van der Waals surface area contributed by atoms with Crippen molar-refractivity contribution in [1.82, 2.24) is 24.8 Å². The number of methoxy groups -OCH3 is 1. The van der Waals surface area contributed by atoms with Crippen molar-refractivity contribution in [2.24, 2.45) is 16.8 Å². The molecule has 1 saturated heterocycles. The second kappa shape index (κ2) is 14.4. The van der Waals surface area contributed by atoms with E-state index in [1.807, 2.05) is 14.1 Å². The lowest BCUT2D eigenvalue weighted by Gasteiger charge is -2.29. The maximum absolute atomic E-state index is 12.9. The van der Waals surface area contributed by atoms with Crippen LogP contribution in [-0.2, 0) is 38.1 Å². The molecule has 0 amide bonds. The lowest BCUT2D eigenvalue weighted by Crippen LogP contribution is -2.50. The maximum Gasteiger partial charge on any atom is 0.322 e. The van der Waals surface area contributed by atoms with Gasteiger partial charge in [-0.25, -0.2) is 14.5 Å². The third kappa shape index (κ3) is 7.64. The van der Waals surface area contributed by atoms with Crippen LogP contribution < -0.4 is 5.32 Å². The Balaban J connectivity index is 2.07. The maximum atomic E-state index is 12.9. The Morgan fingerprint density at radius 3 is 2.44 bits per heavy atom. The smallest absolute Gasteiger partial charge is 0.322 e. The first-order valence-electron chi connectivity index (χ1n) is 13.8. The number of aliphatic imine (C=N–C) groups is 1. The first kappa shape index (κ1) is 33.4. The highest BCUT2D eigenvalue weighted by atomic mass is 16.7. The van der Waals surface area contributed by atoms with Crippen molar-refractivity contribution in [3.8, 4) is 6.07 Å². The van der Waals surface area contributed by atoms with Crippen LogP contribution in [0.5, 0.6) is 0 Å². The van der Waals surface area contributed by atoms with Crippen molar-refractivity contribution in [3.05, 3.63) is 24.2 Å². The van der Waals surface area contributed by atoms with Crippen molar-refractivity contribution in [1.29, 1.82) is 5.26 Å². The standard InChI is InChI=1S/C28H39N7O8/c1-16(2)25(36)41-22-21(19-9-10-20-24(31-14-34(6)7)30-13-33-35(19)20)43-28(11-29,23(22)42-26(37)17(3)4)12-40-15-32-18(5)27(38)39-8/h9-10,13-14,16-18,21-23,32H,12,15H2,1-8H3/t18-,21-,22-,23-,28+/m0/s1. The van der Waals surface area contributed by atoms with E-state index in [1.54, 1.807) is 58.0 Å². The van der Waals surface area contributed by atoms with Crippen molar-refractivity contribution in [2.45, 2.75) is 64.6 Å². The largest absolute Gasteiger partial charge is 0.468 e. The normalized spacial score (nSPS) is 22.6. The van der Waals surface area contributed by atoms with E-state index in [4.69, 9.17) is 23.7 Å². The lowest BCUT2D eigenvalue weighted by molar-refractivity contribution is -0.174. The van der Waals surface area contributed by atoms with Gasteiger partial charge in [0.1, 0.15) is 30.1 Å². The van der Waals surface area contributed by atoms with Crippen LogP contribution in [0.25, 0.3) is 5.52 Å². The number of rotatable bonds is 13. The Bertz CT molecular complexity index is 1370. The Kier molecular flexibility index (Phi) is 11.1. The Labute approximate surface area is 250 Å². The van der Waals surface area contributed by atoms with E-state index in [2.05, 4.69) is 26.5 Å². The van der Waals surface area contributed by atoms with Gasteiger partial charge in [-0.3, -0.25) is 19.7 Å². The average molecular weight is 602 g/mol. The Morgan fingerprint density at radius 2 is 1.84 bits per heavy atom. The van der Waals surface area contributed by atoms with E-state index < -0.39 is 66.3 Å². The number of nitrogens with zero attached hydrogens (tertiary/aromatic N) is 6. The van der Waals surface area contributed by atoms with Crippen LogP contribution >= 0.6 is 0 Å². The van der Waals surface area contributed by atoms with E-state index in [0.717, 1.165) is 0 Å². The fraction of sp³-hybridized carbons (Fsp3) is 0.607. The van der Waals surface area contributed by atoms with Crippen LogP contribution in [0, 0.1) is 23.2 Å². The van der Waals surface area contributed by atoms with E-state index >= 15 is 0 Å². The van der Waals surface area contributed by atoms with Gasteiger partial charge < -0.3 is 28.6 Å². The molecule has 15 nitrogen and oxygen atoms in total. The second-order valence-corrected chi connectivity index (χ2v) is 10.9. The van der Waals surface area contributed by atoms with E-state index in [1.165, 1.54) is 18.0 Å². The lowest BCUT2D eigenvalue weighted by atomic mass is 9.95. The molecule has 1 N–H and O–H groups in total. The molecule has 2 aromatic heterocycles. The van der Waals surface area contributed by atoms with Gasteiger partial charge in [-0.2, -0.15) is 10.4 Å². The second-order valence-electron chi connectivity index (χ2n) is 10.9. The topological polar surface area (TPSA) is 179 Å². The molecule has 1 aliphatic rings. The molecule has 234 valence electrons. The molecule has 43 heavy (non-hydrogen) atoms. The number of esters is 3. The zero-order valence-corrected chi connectivity index (χ0v) is 25.6. The van der Waals surface area contributed by atoms with E-state index in [9.17, 15) is 19.6 Å². The minimum absolute atomic E-state index is 0.163. The van der Waals surface area contributed by atoms with Crippen LogP contribution in [0.4, 0.5) is 5.82 Å². The average Bonchev–Trinajstić information content (AvgIpc) is 3.53. The first-order chi connectivity index (χ1) is 20.3. The monoisotopic (exact) mass is 601 g/mol. The number of nitriles is 1. The number of hydrogen-bond acceptors (Lipinski definition) is 13. The summed E-state index contributed by atoms with van der Waals surface area (Å²) in [5.74, 6) is -2.43. The van der Waals surface area contributed by atoms with Gasteiger partial charge in [0.2, 0.25) is 5.60 Å². The summed E-state index contributed by atoms with van der Waals surface area (Å²) in [6.45, 7) is 7.62. The summed E-state index contributed by atoms with van der Waals surface area (Å²) in [5.41, 5.74) is -0.979. The van der Waals surface area contributed by atoms with Crippen LogP contribution in [0.2, 0.25) is 0 Å². The third-order valence-electron chi connectivity index (χ3n) is 6.55.